The number of nitrogens with one attached hydrogen (secondary N) is 1. The second-order valence-electron chi connectivity index (χ2n) is 7.39. The molecular weight excluding hydrogens is 365 g/mol. The van der Waals surface area contributed by atoms with E-state index in [1.54, 1.807) is 6.07 Å². The predicted octanol–water partition coefficient (Wildman–Crippen LogP) is 4.50. The minimum atomic E-state index is -0.360. The third-order valence-electron chi connectivity index (χ3n) is 4.89. The molecule has 0 radical (unpaired) electrons. The number of fused-ring (bicyclic) bond motifs is 1. The molecule has 146 valence electrons. The summed E-state index contributed by atoms with van der Waals surface area (Å²) >= 11 is 0. The zero-order valence-electron chi connectivity index (χ0n) is 16.6. The molecule has 29 heavy (non-hydrogen) atoms. The maximum absolute atomic E-state index is 13.2. The molecule has 1 N–H and O–H groups in total. The Kier molecular flexibility index (Phi) is 5.20. The first-order valence-corrected chi connectivity index (χ1v) is 9.48. The van der Waals surface area contributed by atoms with Crippen LogP contribution in [0.25, 0.3) is 11.0 Å². The number of halogens is 1. The fourth-order valence-corrected chi connectivity index (χ4v) is 3.43. The zero-order chi connectivity index (χ0) is 20.4. The molecule has 0 saturated heterocycles. The van der Waals surface area contributed by atoms with Crippen molar-refractivity contribution < 1.29 is 9.13 Å². The molecule has 4 rings (SSSR count). The first-order chi connectivity index (χ1) is 14.0. The second kappa shape index (κ2) is 7.94. The quantitative estimate of drug-likeness (QED) is 0.673. The molecule has 1 aliphatic carbocycles. The molecule has 0 amide bonds. The first-order valence-electron chi connectivity index (χ1n) is 9.48. The Labute approximate surface area is 169 Å². The Morgan fingerprint density at radius 2 is 1.93 bits per heavy atom. The summed E-state index contributed by atoms with van der Waals surface area (Å²) in [6.45, 7) is 2.18. The van der Waals surface area contributed by atoms with Crippen molar-refractivity contribution in [1.82, 2.24) is 14.9 Å². The predicted molar refractivity (Wildman–Crippen MR) is 113 cm³/mol. The molecule has 2 atom stereocenters. The molecule has 5 heteroatoms. The molecule has 2 heterocycles. The molecule has 1 aliphatic rings. The summed E-state index contributed by atoms with van der Waals surface area (Å²) in [5.74, 6) is 7.80. The topological polar surface area (TPSA) is 41.1 Å². The molecular formula is C24H22FN3O. The van der Waals surface area contributed by atoms with Gasteiger partial charge in [0.2, 0.25) is 0 Å². The summed E-state index contributed by atoms with van der Waals surface area (Å²) in [5, 5.41) is 0.706. The Hall–Kier alpha value is -3.36. The lowest BCUT2D eigenvalue weighted by Gasteiger charge is -2.28. The van der Waals surface area contributed by atoms with Gasteiger partial charge in [-0.3, -0.25) is 0 Å². The lowest BCUT2D eigenvalue weighted by Crippen LogP contribution is -2.33. The fourth-order valence-electron chi connectivity index (χ4n) is 3.43. The Morgan fingerprint density at radius 1 is 1.14 bits per heavy atom. The van der Waals surface area contributed by atoms with Crippen LogP contribution in [0.2, 0.25) is 0 Å². The van der Waals surface area contributed by atoms with Crippen LogP contribution in [-0.4, -0.2) is 35.0 Å². The summed E-state index contributed by atoms with van der Waals surface area (Å²) < 4.78 is 19.2. The highest BCUT2D eigenvalue weighted by molar-refractivity contribution is 5.77. The largest absolute Gasteiger partial charge is 0.458 e. The van der Waals surface area contributed by atoms with Gasteiger partial charge in [-0.1, -0.05) is 18.9 Å². The van der Waals surface area contributed by atoms with E-state index >= 15 is 0 Å². The van der Waals surface area contributed by atoms with Crippen LogP contribution >= 0.6 is 0 Å². The van der Waals surface area contributed by atoms with Crippen LogP contribution < -0.4 is 4.74 Å². The van der Waals surface area contributed by atoms with Crippen molar-refractivity contribution >= 4 is 11.0 Å². The Balaban J connectivity index is 1.44. The number of benzene rings is 1. The maximum atomic E-state index is 13.2. The lowest BCUT2D eigenvalue weighted by molar-refractivity contribution is 0.286. The van der Waals surface area contributed by atoms with Gasteiger partial charge in [0.05, 0.1) is 11.9 Å². The van der Waals surface area contributed by atoms with Crippen molar-refractivity contribution in [2.24, 2.45) is 5.92 Å². The van der Waals surface area contributed by atoms with Crippen molar-refractivity contribution in [3.05, 3.63) is 83.7 Å². The standard InChI is InChI=1S/C24H22FN3O/c1-16-12-22(10-11-23(16)28(2)3)29-21-8-5-17(6-9-21)4-7-20-14-18-13-19(25)15-26-24(18)27-20/h5-6,8-16,23H,1-3H3,(H,26,27). The number of hydrogen-bond donors (Lipinski definition) is 1. The van der Waals surface area contributed by atoms with Crippen LogP contribution in [0.5, 0.6) is 5.75 Å². The highest BCUT2D eigenvalue weighted by Gasteiger charge is 2.19. The number of ether oxygens (including phenoxy) is 1. The van der Waals surface area contributed by atoms with Gasteiger partial charge in [-0.2, -0.15) is 0 Å². The number of nitrogens with zero attached hydrogens (tertiary/aromatic N) is 2. The van der Waals surface area contributed by atoms with Crippen molar-refractivity contribution in [2.45, 2.75) is 13.0 Å². The van der Waals surface area contributed by atoms with Gasteiger partial charge in [0, 0.05) is 17.0 Å². The van der Waals surface area contributed by atoms with E-state index in [0.717, 1.165) is 17.1 Å². The molecule has 0 saturated carbocycles. The van der Waals surface area contributed by atoms with Crippen LogP contribution in [0.3, 0.4) is 0 Å². The number of aromatic nitrogens is 2. The van der Waals surface area contributed by atoms with Gasteiger partial charge < -0.3 is 14.6 Å². The van der Waals surface area contributed by atoms with E-state index < -0.39 is 0 Å². The number of pyridine rings is 1. The monoisotopic (exact) mass is 387 g/mol. The number of rotatable bonds is 3. The van der Waals surface area contributed by atoms with E-state index in [-0.39, 0.29) is 5.82 Å². The second-order valence-corrected chi connectivity index (χ2v) is 7.39. The minimum Gasteiger partial charge on any atom is -0.458 e. The number of hydrogen-bond acceptors (Lipinski definition) is 3. The molecule has 0 aliphatic heterocycles. The molecule has 2 unspecified atom stereocenters. The molecule has 0 bridgehead atoms. The van der Waals surface area contributed by atoms with E-state index in [0.29, 0.717) is 28.7 Å². The van der Waals surface area contributed by atoms with Crippen molar-refractivity contribution in [1.29, 1.82) is 0 Å². The molecule has 4 nitrogen and oxygen atoms in total. The molecule has 2 aromatic heterocycles. The van der Waals surface area contributed by atoms with Gasteiger partial charge in [0.1, 0.15) is 23.0 Å². The van der Waals surface area contributed by atoms with Crippen molar-refractivity contribution in [2.75, 3.05) is 14.1 Å². The van der Waals surface area contributed by atoms with Gasteiger partial charge in [0.25, 0.3) is 0 Å². The van der Waals surface area contributed by atoms with Gasteiger partial charge in [-0.25, -0.2) is 9.37 Å². The maximum Gasteiger partial charge on any atom is 0.142 e. The van der Waals surface area contributed by atoms with Crippen molar-refractivity contribution in [3.8, 4) is 17.6 Å². The third-order valence-corrected chi connectivity index (χ3v) is 4.89. The molecule has 0 spiro atoms. The number of aromatic amines is 1. The van der Waals surface area contributed by atoms with Crippen LogP contribution in [0.1, 0.15) is 18.2 Å². The fraction of sp³-hybridized carbons (Fsp3) is 0.208. The third kappa shape index (κ3) is 4.39. The average molecular weight is 387 g/mol. The lowest BCUT2D eigenvalue weighted by atomic mass is 9.95. The van der Waals surface area contributed by atoms with Gasteiger partial charge in [-0.05, 0) is 74.5 Å². The van der Waals surface area contributed by atoms with Gasteiger partial charge in [-0.15, -0.1) is 0 Å². The van der Waals surface area contributed by atoms with E-state index in [4.69, 9.17) is 4.74 Å². The average Bonchev–Trinajstić information content (AvgIpc) is 3.09. The highest BCUT2D eigenvalue weighted by Crippen LogP contribution is 2.23. The molecule has 0 fully saturated rings. The Bertz CT molecular complexity index is 1150. The van der Waals surface area contributed by atoms with Crippen LogP contribution in [0, 0.1) is 23.6 Å². The summed E-state index contributed by atoms with van der Waals surface area (Å²) in [6.07, 6.45) is 7.52. The van der Waals surface area contributed by atoms with E-state index in [1.165, 1.54) is 12.3 Å². The molecule has 1 aromatic carbocycles. The van der Waals surface area contributed by atoms with Gasteiger partial charge in [0.15, 0.2) is 0 Å². The summed E-state index contributed by atoms with van der Waals surface area (Å²) in [4.78, 5) is 9.29. The van der Waals surface area contributed by atoms with E-state index in [2.05, 4.69) is 59.9 Å². The summed E-state index contributed by atoms with van der Waals surface area (Å²) in [6, 6.07) is 11.3. The van der Waals surface area contributed by atoms with E-state index in [1.807, 2.05) is 30.3 Å². The molecule has 3 aromatic rings. The number of H-pyrrole nitrogens is 1. The smallest absolute Gasteiger partial charge is 0.142 e. The SMILES string of the molecule is CC1C=C(Oc2ccc(C#Cc3cc4cc(F)cnc4[nH]3)cc2)C=CC1N(C)C. The first kappa shape index (κ1) is 19.0. The normalized spacial score (nSPS) is 18.4. The summed E-state index contributed by atoms with van der Waals surface area (Å²) in [7, 11) is 4.16. The van der Waals surface area contributed by atoms with Gasteiger partial charge >= 0.3 is 0 Å². The number of allylic oxidation sites excluding steroid dienone is 1. The minimum absolute atomic E-state index is 0.360. The number of likely N-dealkylation sites (N-methyl/N-ethyl adjacent to an activating group) is 1. The zero-order valence-corrected chi connectivity index (χ0v) is 16.6. The van der Waals surface area contributed by atoms with Crippen molar-refractivity contribution in [3.63, 3.8) is 0 Å². The van der Waals surface area contributed by atoms with E-state index in [9.17, 15) is 4.39 Å². The van der Waals surface area contributed by atoms with Crippen LogP contribution in [0.15, 0.2) is 66.6 Å². The van der Waals surface area contributed by atoms with Crippen LogP contribution in [0.4, 0.5) is 4.39 Å². The highest BCUT2D eigenvalue weighted by atomic mass is 19.1. The Morgan fingerprint density at radius 3 is 2.66 bits per heavy atom. The van der Waals surface area contributed by atoms with Crippen LogP contribution in [-0.2, 0) is 0 Å². The summed E-state index contributed by atoms with van der Waals surface area (Å²) in [5.41, 5.74) is 2.18.